The highest BCUT2D eigenvalue weighted by Crippen LogP contribution is 2.16. The fourth-order valence-corrected chi connectivity index (χ4v) is 1.69. The summed E-state index contributed by atoms with van der Waals surface area (Å²) in [5.74, 6) is 7.12. The third-order valence-corrected chi connectivity index (χ3v) is 2.78. The molecule has 2 rings (SSSR count). The molecule has 0 bridgehead atoms. The molecule has 1 unspecified atom stereocenters. The first-order valence-electron chi connectivity index (χ1n) is 5.65. The normalized spacial score (nSPS) is 12.3. The van der Waals surface area contributed by atoms with Crippen LogP contribution in [0.4, 0.5) is 0 Å². The average Bonchev–Trinajstić information content (AvgIpc) is 2.89. The number of rotatable bonds is 6. The minimum Gasteiger partial charge on any atom is -0.492 e. The van der Waals surface area contributed by atoms with E-state index in [-0.39, 0.29) is 6.04 Å². The number of nitrogens with two attached hydrogens (primary N) is 1. The van der Waals surface area contributed by atoms with Gasteiger partial charge in [0.25, 0.3) is 0 Å². The molecule has 1 aromatic carbocycles. The number of hydrazine groups is 1. The van der Waals surface area contributed by atoms with Crippen molar-refractivity contribution in [2.24, 2.45) is 5.84 Å². The Morgan fingerprint density at radius 3 is 2.67 bits per heavy atom. The molecule has 0 aliphatic carbocycles. The van der Waals surface area contributed by atoms with Crippen LogP contribution in [0.3, 0.4) is 0 Å². The summed E-state index contributed by atoms with van der Waals surface area (Å²) in [4.78, 5) is 0. The first-order chi connectivity index (χ1) is 8.78. The smallest absolute Gasteiger partial charge is 0.119 e. The first-order valence-corrected chi connectivity index (χ1v) is 6.02. The molecule has 0 aliphatic heterocycles. The van der Waals surface area contributed by atoms with Crippen LogP contribution in [0.15, 0.2) is 47.1 Å². The minimum absolute atomic E-state index is 0.00757. The largest absolute Gasteiger partial charge is 0.492 e. The van der Waals surface area contributed by atoms with E-state index in [9.17, 15) is 0 Å². The van der Waals surface area contributed by atoms with Gasteiger partial charge in [0, 0.05) is 11.4 Å². The summed E-state index contributed by atoms with van der Waals surface area (Å²) >= 11 is 5.80. The molecule has 2 aromatic rings. The maximum absolute atomic E-state index is 5.80. The van der Waals surface area contributed by atoms with E-state index in [4.69, 9.17) is 26.6 Å². The number of hydrogen-bond acceptors (Lipinski definition) is 4. The second-order valence-corrected chi connectivity index (χ2v) is 4.35. The Labute approximate surface area is 111 Å². The number of hydrogen-bond donors (Lipinski definition) is 2. The Bertz CT molecular complexity index is 456. The molecule has 5 heteroatoms. The van der Waals surface area contributed by atoms with Crippen LogP contribution in [0.25, 0.3) is 0 Å². The highest BCUT2D eigenvalue weighted by atomic mass is 35.5. The molecule has 0 fully saturated rings. The van der Waals surface area contributed by atoms with Gasteiger partial charge in [-0.25, -0.2) is 0 Å². The zero-order valence-electron chi connectivity index (χ0n) is 9.80. The van der Waals surface area contributed by atoms with Crippen molar-refractivity contribution >= 4 is 11.6 Å². The van der Waals surface area contributed by atoms with Gasteiger partial charge in [-0.05, 0) is 36.4 Å². The van der Waals surface area contributed by atoms with Crippen LogP contribution in [0.5, 0.6) is 5.75 Å². The van der Waals surface area contributed by atoms with Gasteiger partial charge in [-0.2, -0.15) is 0 Å². The summed E-state index contributed by atoms with van der Waals surface area (Å²) in [6.07, 6.45) is 2.32. The molecule has 3 N–H and O–H groups in total. The Hall–Kier alpha value is -1.49. The Morgan fingerprint density at radius 1 is 1.28 bits per heavy atom. The van der Waals surface area contributed by atoms with Crippen LogP contribution >= 0.6 is 11.6 Å². The van der Waals surface area contributed by atoms with E-state index < -0.39 is 0 Å². The Balaban J connectivity index is 1.85. The second-order valence-electron chi connectivity index (χ2n) is 3.91. The first kappa shape index (κ1) is 13.0. The maximum atomic E-state index is 5.80. The zero-order chi connectivity index (χ0) is 12.8. The molecule has 1 heterocycles. The lowest BCUT2D eigenvalue weighted by atomic mass is 10.2. The fraction of sp³-hybridized carbons (Fsp3) is 0.231. The van der Waals surface area contributed by atoms with Gasteiger partial charge in [0.1, 0.15) is 18.1 Å². The summed E-state index contributed by atoms with van der Waals surface area (Å²) in [6, 6.07) is 11.0. The molecular weight excluding hydrogens is 252 g/mol. The van der Waals surface area contributed by atoms with E-state index in [1.54, 1.807) is 18.4 Å². The minimum atomic E-state index is -0.00757. The number of halogens is 1. The summed E-state index contributed by atoms with van der Waals surface area (Å²) in [5, 5.41) is 0.687. The maximum Gasteiger partial charge on any atom is 0.119 e. The number of ether oxygens (including phenoxy) is 1. The molecule has 0 saturated heterocycles. The summed E-state index contributed by atoms with van der Waals surface area (Å²) < 4.78 is 10.9. The van der Waals surface area contributed by atoms with Crippen molar-refractivity contribution in [3.63, 3.8) is 0 Å². The molecule has 0 saturated carbocycles. The number of furan rings is 1. The molecular formula is C13H15ClN2O2. The highest BCUT2D eigenvalue weighted by molar-refractivity contribution is 6.30. The molecule has 0 amide bonds. The van der Waals surface area contributed by atoms with Crippen LogP contribution in [0, 0.1) is 0 Å². The lowest BCUT2D eigenvalue weighted by molar-refractivity contribution is 0.258. The fourth-order valence-electron chi connectivity index (χ4n) is 1.57. The summed E-state index contributed by atoms with van der Waals surface area (Å²) in [7, 11) is 0. The Morgan fingerprint density at radius 2 is 2.06 bits per heavy atom. The van der Waals surface area contributed by atoms with Crippen molar-refractivity contribution in [1.82, 2.24) is 5.43 Å². The third-order valence-electron chi connectivity index (χ3n) is 2.53. The van der Waals surface area contributed by atoms with Crippen LogP contribution in [0.2, 0.25) is 5.02 Å². The lowest BCUT2D eigenvalue weighted by Gasteiger charge is -2.15. The van der Waals surface area contributed by atoms with Crippen molar-refractivity contribution in [3.8, 4) is 5.75 Å². The SMILES string of the molecule is NNC(COc1ccc(Cl)cc1)Cc1ccco1. The Kier molecular flexibility index (Phi) is 4.64. The number of benzene rings is 1. The third kappa shape index (κ3) is 3.77. The van der Waals surface area contributed by atoms with Crippen molar-refractivity contribution in [1.29, 1.82) is 0 Å². The van der Waals surface area contributed by atoms with Crippen LogP contribution in [-0.4, -0.2) is 12.6 Å². The van der Waals surface area contributed by atoms with Crippen LogP contribution in [-0.2, 0) is 6.42 Å². The van der Waals surface area contributed by atoms with Gasteiger partial charge in [-0.3, -0.25) is 11.3 Å². The predicted molar refractivity (Wildman–Crippen MR) is 70.5 cm³/mol. The summed E-state index contributed by atoms with van der Waals surface area (Å²) in [5.41, 5.74) is 2.71. The van der Waals surface area contributed by atoms with Crippen LogP contribution in [0.1, 0.15) is 5.76 Å². The molecule has 1 aromatic heterocycles. The van der Waals surface area contributed by atoms with Gasteiger partial charge in [-0.15, -0.1) is 0 Å². The van der Waals surface area contributed by atoms with E-state index >= 15 is 0 Å². The van der Waals surface area contributed by atoms with Crippen molar-refractivity contribution in [2.75, 3.05) is 6.61 Å². The highest BCUT2D eigenvalue weighted by Gasteiger charge is 2.10. The molecule has 0 aliphatic rings. The molecule has 0 radical (unpaired) electrons. The van der Waals surface area contributed by atoms with E-state index in [0.717, 1.165) is 11.5 Å². The van der Waals surface area contributed by atoms with Gasteiger partial charge in [0.05, 0.1) is 12.3 Å². The van der Waals surface area contributed by atoms with Crippen molar-refractivity contribution in [2.45, 2.75) is 12.5 Å². The second kappa shape index (κ2) is 6.44. The average molecular weight is 267 g/mol. The van der Waals surface area contributed by atoms with E-state index in [1.807, 2.05) is 24.3 Å². The zero-order valence-corrected chi connectivity index (χ0v) is 10.6. The van der Waals surface area contributed by atoms with E-state index in [2.05, 4.69) is 5.43 Å². The molecule has 18 heavy (non-hydrogen) atoms. The number of nitrogens with one attached hydrogen (secondary N) is 1. The van der Waals surface area contributed by atoms with Crippen LogP contribution < -0.4 is 16.0 Å². The van der Waals surface area contributed by atoms with Crippen molar-refractivity contribution in [3.05, 3.63) is 53.4 Å². The monoisotopic (exact) mass is 266 g/mol. The van der Waals surface area contributed by atoms with Gasteiger partial charge in [0.15, 0.2) is 0 Å². The lowest BCUT2D eigenvalue weighted by Crippen LogP contribution is -2.41. The molecule has 0 spiro atoms. The molecule has 96 valence electrons. The quantitative estimate of drug-likeness (QED) is 0.623. The summed E-state index contributed by atoms with van der Waals surface area (Å²) in [6.45, 7) is 0.457. The molecule has 4 nitrogen and oxygen atoms in total. The van der Waals surface area contributed by atoms with Gasteiger partial charge in [-0.1, -0.05) is 11.6 Å². The predicted octanol–water partition coefficient (Wildman–Crippen LogP) is 2.39. The van der Waals surface area contributed by atoms with Crippen molar-refractivity contribution < 1.29 is 9.15 Å². The van der Waals surface area contributed by atoms with Gasteiger partial charge < -0.3 is 9.15 Å². The van der Waals surface area contributed by atoms with E-state index in [1.165, 1.54) is 0 Å². The molecule has 1 atom stereocenters. The van der Waals surface area contributed by atoms with Gasteiger partial charge in [0.2, 0.25) is 0 Å². The topological polar surface area (TPSA) is 60.4 Å². The van der Waals surface area contributed by atoms with Gasteiger partial charge >= 0.3 is 0 Å². The standard InChI is InChI=1S/C13H15ClN2O2/c14-10-3-5-12(6-4-10)18-9-11(16-15)8-13-2-1-7-17-13/h1-7,11,16H,8-9,15H2. The van der Waals surface area contributed by atoms with E-state index in [0.29, 0.717) is 18.1 Å².